The van der Waals surface area contributed by atoms with Crippen molar-refractivity contribution < 1.29 is 9.59 Å². The molecule has 1 heterocycles. The molecular weight excluding hydrogens is 302 g/mol. The molecule has 0 N–H and O–H groups in total. The third kappa shape index (κ3) is 2.47. The molecule has 0 atom stereocenters. The molecule has 5 heteroatoms. The van der Waals surface area contributed by atoms with Gasteiger partial charge in [-0.15, -0.1) is 11.3 Å². The molecule has 106 valence electrons. The van der Waals surface area contributed by atoms with Crippen molar-refractivity contribution in [1.82, 2.24) is 4.98 Å². The van der Waals surface area contributed by atoms with Crippen LogP contribution in [0.4, 0.5) is 0 Å². The van der Waals surface area contributed by atoms with E-state index in [-0.39, 0.29) is 11.6 Å². The van der Waals surface area contributed by atoms with Crippen LogP contribution in [-0.4, -0.2) is 16.6 Å². The lowest BCUT2D eigenvalue weighted by molar-refractivity contribution is 0.0981. The zero-order valence-corrected chi connectivity index (χ0v) is 13.5. The second-order valence-corrected chi connectivity index (χ2v) is 7.23. The molecule has 1 aromatic heterocycles. The molecule has 0 spiro atoms. The van der Waals surface area contributed by atoms with Gasteiger partial charge in [0.25, 0.3) is 0 Å². The number of fused-ring (bicyclic) bond motifs is 1. The quantitative estimate of drug-likeness (QED) is 0.833. The summed E-state index contributed by atoms with van der Waals surface area (Å²) < 4.78 is 0. The fourth-order valence-corrected chi connectivity index (χ4v) is 4.01. The van der Waals surface area contributed by atoms with Crippen LogP contribution in [0.2, 0.25) is 0 Å². The van der Waals surface area contributed by atoms with Crippen LogP contribution in [0.3, 0.4) is 0 Å². The van der Waals surface area contributed by atoms with Crippen LogP contribution in [0.25, 0.3) is 0 Å². The molecule has 2 aromatic rings. The lowest BCUT2D eigenvalue weighted by Gasteiger charge is -2.14. The summed E-state index contributed by atoms with van der Waals surface area (Å²) >= 11 is 2.65. The van der Waals surface area contributed by atoms with Gasteiger partial charge in [0.05, 0.1) is 9.91 Å². The number of hydrogen-bond donors (Lipinski definition) is 0. The fourth-order valence-electron chi connectivity index (χ4n) is 2.14. The molecule has 1 aliphatic rings. The van der Waals surface area contributed by atoms with Crippen LogP contribution < -0.4 is 0 Å². The maximum atomic E-state index is 12.6. The second kappa shape index (κ2) is 5.24. The number of benzene rings is 1. The van der Waals surface area contributed by atoms with Crippen molar-refractivity contribution in [3.63, 3.8) is 0 Å². The Morgan fingerprint density at radius 1 is 1.00 bits per heavy atom. The van der Waals surface area contributed by atoms with Crippen LogP contribution in [-0.2, 0) is 0 Å². The second-order valence-electron chi connectivity index (χ2n) is 4.94. The van der Waals surface area contributed by atoms with Gasteiger partial charge in [0.1, 0.15) is 10.6 Å². The van der Waals surface area contributed by atoms with Gasteiger partial charge in [-0.2, -0.15) is 0 Å². The molecule has 0 amide bonds. The normalized spacial score (nSPS) is 14.6. The summed E-state index contributed by atoms with van der Waals surface area (Å²) in [7, 11) is 0. The Hall–Kier alpha value is -1.72. The van der Waals surface area contributed by atoms with Gasteiger partial charge in [0.2, 0.25) is 11.6 Å². The molecule has 0 radical (unpaired) electrons. The molecule has 21 heavy (non-hydrogen) atoms. The van der Waals surface area contributed by atoms with E-state index in [0.717, 1.165) is 15.5 Å². The predicted octanol–water partition coefficient (Wildman–Crippen LogP) is 4.21. The summed E-state index contributed by atoms with van der Waals surface area (Å²) in [5.74, 6) is -0.221. The van der Waals surface area contributed by atoms with Gasteiger partial charge in [-0.25, -0.2) is 4.98 Å². The van der Waals surface area contributed by atoms with Crippen molar-refractivity contribution in [2.45, 2.75) is 25.7 Å². The number of thioether (sulfide) groups is 1. The third-order valence-electron chi connectivity index (χ3n) is 3.28. The maximum absolute atomic E-state index is 12.6. The third-order valence-corrected chi connectivity index (χ3v) is 5.46. The van der Waals surface area contributed by atoms with Crippen molar-refractivity contribution in [2.24, 2.45) is 0 Å². The van der Waals surface area contributed by atoms with E-state index in [1.807, 2.05) is 38.1 Å². The van der Waals surface area contributed by atoms with Gasteiger partial charge in [0, 0.05) is 10.5 Å². The minimum atomic E-state index is -0.136. The van der Waals surface area contributed by atoms with Crippen LogP contribution in [0.1, 0.15) is 37.7 Å². The first-order valence-electron chi connectivity index (χ1n) is 6.49. The van der Waals surface area contributed by atoms with Crippen LogP contribution in [0, 0.1) is 13.8 Å². The number of carbonyl (C=O) groups excluding carboxylic acids is 2. The lowest BCUT2D eigenvalue weighted by atomic mass is 10.0. The highest BCUT2D eigenvalue weighted by Gasteiger charge is 2.33. The molecule has 0 aliphatic heterocycles. The monoisotopic (exact) mass is 315 g/mol. The Kier molecular flexibility index (Phi) is 3.55. The van der Waals surface area contributed by atoms with E-state index in [1.54, 1.807) is 6.92 Å². The van der Waals surface area contributed by atoms with E-state index in [2.05, 4.69) is 4.98 Å². The number of thiazole rings is 1. The number of nitrogens with zero attached hydrogens (tertiary/aromatic N) is 1. The number of rotatable bonds is 2. The van der Waals surface area contributed by atoms with Crippen LogP contribution in [0.15, 0.2) is 39.6 Å². The average Bonchev–Trinajstić information content (AvgIpc) is 2.85. The van der Waals surface area contributed by atoms with Crippen molar-refractivity contribution in [3.8, 4) is 0 Å². The van der Waals surface area contributed by atoms with Gasteiger partial charge in [-0.3, -0.25) is 9.59 Å². The lowest BCUT2D eigenvalue weighted by Crippen LogP contribution is -2.18. The first-order chi connectivity index (χ1) is 9.97. The SMILES string of the molecule is CC1=C(Sc2ccc(C)cc2)C(=O)c2sc(C)nc2C1=O. The first kappa shape index (κ1) is 14.2. The highest BCUT2D eigenvalue weighted by atomic mass is 32.2. The van der Waals surface area contributed by atoms with Crippen molar-refractivity contribution in [2.75, 3.05) is 0 Å². The number of Topliss-reactive ketones (excluding diaryl/α,β-unsaturated/α-hetero) is 2. The number of aryl methyl sites for hydroxylation is 2. The van der Waals surface area contributed by atoms with E-state index in [9.17, 15) is 9.59 Å². The standard InChI is InChI=1S/C16H13NO2S2/c1-8-4-6-11(7-5-8)21-15-9(2)13(18)12-16(14(15)19)20-10(3)17-12/h4-7H,1-3H3. The molecule has 1 aromatic carbocycles. The van der Waals surface area contributed by atoms with E-state index in [1.165, 1.54) is 23.1 Å². The minimum Gasteiger partial charge on any atom is -0.287 e. The van der Waals surface area contributed by atoms with Gasteiger partial charge < -0.3 is 0 Å². The summed E-state index contributed by atoms with van der Waals surface area (Å²) in [5.41, 5.74) is 1.97. The molecular formula is C16H13NO2S2. The Bertz CT molecular complexity index is 785. The van der Waals surface area contributed by atoms with Crippen LogP contribution in [0.5, 0.6) is 0 Å². The molecule has 0 fully saturated rings. The summed E-state index contributed by atoms with van der Waals surface area (Å²) in [5, 5.41) is 0.746. The summed E-state index contributed by atoms with van der Waals surface area (Å²) in [6.07, 6.45) is 0. The Morgan fingerprint density at radius 2 is 1.67 bits per heavy atom. The highest BCUT2D eigenvalue weighted by molar-refractivity contribution is 8.04. The van der Waals surface area contributed by atoms with E-state index < -0.39 is 0 Å². The molecule has 3 rings (SSSR count). The minimum absolute atomic E-state index is 0.0849. The number of carbonyl (C=O) groups is 2. The van der Waals surface area contributed by atoms with Gasteiger partial charge >= 0.3 is 0 Å². The van der Waals surface area contributed by atoms with E-state index in [0.29, 0.717) is 21.0 Å². The van der Waals surface area contributed by atoms with Gasteiger partial charge in [-0.05, 0) is 32.9 Å². The number of allylic oxidation sites excluding steroid dienone is 2. The van der Waals surface area contributed by atoms with Crippen molar-refractivity contribution in [1.29, 1.82) is 0 Å². The molecule has 1 aliphatic carbocycles. The Morgan fingerprint density at radius 3 is 2.33 bits per heavy atom. The largest absolute Gasteiger partial charge is 0.287 e. The summed E-state index contributed by atoms with van der Waals surface area (Å²) in [6.45, 7) is 5.53. The Labute approximate surface area is 131 Å². The zero-order valence-electron chi connectivity index (χ0n) is 11.9. The smallest absolute Gasteiger partial charge is 0.212 e. The maximum Gasteiger partial charge on any atom is 0.212 e. The van der Waals surface area contributed by atoms with Gasteiger partial charge in [0.15, 0.2) is 0 Å². The average molecular weight is 315 g/mol. The number of aromatic nitrogens is 1. The van der Waals surface area contributed by atoms with Crippen LogP contribution >= 0.6 is 23.1 Å². The number of hydrogen-bond acceptors (Lipinski definition) is 5. The van der Waals surface area contributed by atoms with E-state index in [4.69, 9.17) is 0 Å². The molecule has 0 saturated heterocycles. The zero-order chi connectivity index (χ0) is 15.1. The first-order valence-corrected chi connectivity index (χ1v) is 8.13. The Balaban J connectivity index is 2.01. The molecule has 0 unspecified atom stereocenters. The molecule has 0 saturated carbocycles. The topological polar surface area (TPSA) is 47.0 Å². The molecule has 0 bridgehead atoms. The summed E-state index contributed by atoms with van der Waals surface area (Å²) in [6, 6.07) is 7.92. The molecule has 3 nitrogen and oxygen atoms in total. The van der Waals surface area contributed by atoms with Gasteiger partial charge in [-0.1, -0.05) is 29.5 Å². The summed E-state index contributed by atoms with van der Waals surface area (Å²) in [4.78, 5) is 31.1. The highest BCUT2D eigenvalue weighted by Crippen LogP contribution is 2.38. The number of ketones is 2. The van der Waals surface area contributed by atoms with Crippen molar-refractivity contribution in [3.05, 3.63) is 55.9 Å². The van der Waals surface area contributed by atoms with Crippen molar-refractivity contribution >= 4 is 34.7 Å². The van der Waals surface area contributed by atoms with E-state index >= 15 is 0 Å². The predicted molar refractivity (Wildman–Crippen MR) is 85.2 cm³/mol. The fraction of sp³-hybridized carbons (Fsp3) is 0.188.